The van der Waals surface area contributed by atoms with Crippen LogP contribution in [-0.4, -0.2) is 29.4 Å². The SMILES string of the molecule is CCCc1cc(C(=O)CO)ccc1OCC(C)CBr. The largest absolute Gasteiger partial charge is 0.493 e. The van der Waals surface area contributed by atoms with Crippen LogP contribution in [0.5, 0.6) is 5.75 Å². The van der Waals surface area contributed by atoms with Crippen LogP contribution >= 0.6 is 15.9 Å². The van der Waals surface area contributed by atoms with E-state index in [0.29, 0.717) is 18.1 Å². The number of Topliss-reactive ketones (excluding diaryl/α,β-unsaturated/α-hetero) is 1. The molecule has 0 heterocycles. The van der Waals surface area contributed by atoms with Crippen molar-refractivity contribution in [3.63, 3.8) is 0 Å². The lowest BCUT2D eigenvalue weighted by atomic mass is 10.0. The summed E-state index contributed by atoms with van der Waals surface area (Å²) in [5.41, 5.74) is 1.58. The fourth-order valence-corrected chi connectivity index (χ4v) is 1.91. The van der Waals surface area contributed by atoms with Gasteiger partial charge in [-0.25, -0.2) is 0 Å². The molecule has 0 aliphatic carbocycles. The number of aliphatic hydroxyl groups excluding tert-OH is 1. The van der Waals surface area contributed by atoms with Crippen LogP contribution in [0.2, 0.25) is 0 Å². The maximum absolute atomic E-state index is 11.5. The van der Waals surface area contributed by atoms with E-state index in [2.05, 4.69) is 29.8 Å². The Labute approximate surface area is 123 Å². The summed E-state index contributed by atoms with van der Waals surface area (Å²) in [4.78, 5) is 11.5. The van der Waals surface area contributed by atoms with Gasteiger partial charge in [0, 0.05) is 10.9 Å². The van der Waals surface area contributed by atoms with Crippen LogP contribution in [0.15, 0.2) is 18.2 Å². The van der Waals surface area contributed by atoms with Crippen LogP contribution in [0.3, 0.4) is 0 Å². The summed E-state index contributed by atoms with van der Waals surface area (Å²) in [6.07, 6.45) is 1.85. The Bertz CT molecular complexity index is 418. The second-order valence-electron chi connectivity index (χ2n) is 4.72. The standard InChI is InChI=1S/C15H21BrO3/c1-3-4-13-7-12(14(18)9-17)5-6-15(13)19-10-11(2)8-16/h5-7,11,17H,3-4,8-10H2,1-2H3. The van der Waals surface area contributed by atoms with Crippen LogP contribution in [0.1, 0.15) is 36.2 Å². The van der Waals surface area contributed by atoms with Gasteiger partial charge in [0.05, 0.1) is 6.61 Å². The average molecular weight is 329 g/mol. The number of halogens is 1. The van der Waals surface area contributed by atoms with Crippen LogP contribution < -0.4 is 4.74 Å². The molecule has 0 aliphatic heterocycles. The van der Waals surface area contributed by atoms with E-state index in [1.165, 1.54) is 0 Å². The molecule has 0 aromatic heterocycles. The van der Waals surface area contributed by atoms with Crippen molar-refractivity contribution >= 4 is 21.7 Å². The molecule has 0 amide bonds. The van der Waals surface area contributed by atoms with Crippen molar-refractivity contribution in [3.8, 4) is 5.75 Å². The number of aryl methyl sites for hydroxylation is 1. The highest BCUT2D eigenvalue weighted by Gasteiger charge is 2.10. The van der Waals surface area contributed by atoms with Gasteiger partial charge in [-0.15, -0.1) is 0 Å². The van der Waals surface area contributed by atoms with Gasteiger partial charge in [0.25, 0.3) is 0 Å². The van der Waals surface area contributed by atoms with Gasteiger partial charge in [0.15, 0.2) is 5.78 Å². The second kappa shape index (κ2) is 8.33. The minimum absolute atomic E-state index is 0.252. The summed E-state index contributed by atoms with van der Waals surface area (Å²) in [6.45, 7) is 4.39. The molecule has 1 unspecified atom stereocenters. The molecule has 3 nitrogen and oxygen atoms in total. The minimum atomic E-state index is -0.452. The predicted molar refractivity (Wildman–Crippen MR) is 80.3 cm³/mol. The maximum Gasteiger partial charge on any atom is 0.188 e. The van der Waals surface area contributed by atoms with Crippen molar-refractivity contribution in [2.75, 3.05) is 18.5 Å². The summed E-state index contributed by atoms with van der Waals surface area (Å²) < 4.78 is 5.81. The van der Waals surface area contributed by atoms with E-state index in [-0.39, 0.29) is 5.78 Å². The summed E-state index contributed by atoms with van der Waals surface area (Å²) in [5, 5.41) is 9.80. The summed E-state index contributed by atoms with van der Waals surface area (Å²) in [6, 6.07) is 5.37. The highest BCUT2D eigenvalue weighted by Crippen LogP contribution is 2.23. The van der Waals surface area contributed by atoms with E-state index in [1.807, 2.05) is 12.1 Å². The Hall–Kier alpha value is -0.870. The molecule has 0 spiro atoms. The smallest absolute Gasteiger partial charge is 0.188 e. The lowest BCUT2D eigenvalue weighted by molar-refractivity contribution is 0.0903. The second-order valence-corrected chi connectivity index (χ2v) is 5.37. The molecule has 106 valence electrons. The number of ketones is 1. The molecule has 0 bridgehead atoms. The molecule has 0 saturated carbocycles. The third-order valence-corrected chi connectivity index (χ3v) is 3.94. The van der Waals surface area contributed by atoms with Crippen molar-refractivity contribution in [3.05, 3.63) is 29.3 Å². The minimum Gasteiger partial charge on any atom is -0.493 e. The molecule has 0 saturated heterocycles. The van der Waals surface area contributed by atoms with E-state index in [1.54, 1.807) is 6.07 Å². The Morgan fingerprint density at radius 3 is 2.79 bits per heavy atom. The predicted octanol–water partition coefficient (Wildman–Crippen LogP) is 3.22. The molecule has 4 heteroatoms. The maximum atomic E-state index is 11.5. The van der Waals surface area contributed by atoms with Crippen molar-refractivity contribution in [2.24, 2.45) is 5.92 Å². The average Bonchev–Trinajstić information content (AvgIpc) is 2.44. The fraction of sp³-hybridized carbons (Fsp3) is 0.533. The van der Waals surface area contributed by atoms with Crippen molar-refractivity contribution in [2.45, 2.75) is 26.7 Å². The van der Waals surface area contributed by atoms with Gasteiger partial charge in [-0.05, 0) is 36.1 Å². The number of hydrogen-bond acceptors (Lipinski definition) is 3. The van der Waals surface area contributed by atoms with Crippen molar-refractivity contribution in [1.82, 2.24) is 0 Å². The van der Waals surface area contributed by atoms with Gasteiger partial charge in [0.2, 0.25) is 0 Å². The number of ether oxygens (including phenoxy) is 1. The monoisotopic (exact) mass is 328 g/mol. The molecule has 1 aromatic rings. The quantitative estimate of drug-likeness (QED) is 0.588. The number of rotatable bonds is 8. The lowest BCUT2D eigenvalue weighted by Gasteiger charge is -2.14. The third-order valence-electron chi connectivity index (χ3n) is 2.83. The molecule has 0 aliphatic rings. The summed E-state index contributed by atoms with van der Waals surface area (Å²) in [7, 11) is 0. The summed E-state index contributed by atoms with van der Waals surface area (Å²) in [5.74, 6) is 1.02. The van der Waals surface area contributed by atoms with E-state index >= 15 is 0 Å². The van der Waals surface area contributed by atoms with Gasteiger partial charge in [0.1, 0.15) is 12.4 Å². The molecule has 1 aromatic carbocycles. The van der Waals surface area contributed by atoms with E-state index < -0.39 is 6.61 Å². The Kier molecular flexibility index (Phi) is 7.10. The van der Waals surface area contributed by atoms with Crippen LogP contribution in [0.25, 0.3) is 0 Å². The lowest BCUT2D eigenvalue weighted by Crippen LogP contribution is -2.11. The number of aliphatic hydroxyl groups is 1. The van der Waals surface area contributed by atoms with Gasteiger partial charge in [-0.2, -0.15) is 0 Å². The first-order chi connectivity index (χ1) is 9.12. The normalized spacial score (nSPS) is 12.2. The van der Waals surface area contributed by atoms with Crippen LogP contribution in [0.4, 0.5) is 0 Å². The zero-order valence-corrected chi connectivity index (χ0v) is 13.1. The molecule has 19 heavy (non-hydrogen) atoms. The van der Waals surface area contributed by atoms with E-state index in [9.17, 15) is 4.79 Å². The molecule has 1 N–H and O–H groups in total. The zero-order valence-electron chi connectivity index (χ0n) is 11.5. The Balaban J connectivity index is 2.88. The first-order valence-electron chi connectivity index (χ1n) is 6.58. The molecule has 0 fully saturated rings. The van der Waals surface area contributed by atoms with E-state index in [0.717, 1.165) is 29.5 Å². The van der Waals surface area contributed by atoms with Gasteiger partial charge in [-0.1, -0.05) is 36.2 Å². The Morgan fingerprint density at radius 1 is 1.47 bits per heavy atom. The number of alkyl halides is 1. The molecule has 0 radical (unpaired) electrons. The van der Waals surface area contributed by atoms with Crippen LogP contribution in [-0.2, 0) is 6.42 Å². The molecule has 1 atom stereocenters. The Morgan fingerprint density at radius 2 is 2.21 bits per heavy atom. The first kappa shape index (κ1) is 16.2. The van der Waals surface area contributed by atoms with Gasteiger partial charge >= 0.3 is 0 Å². The number of hydrogen-bond donors (Lipinski definition) is 1. The number of benzene rings is 1. The van der Waals surface area contributed by atoms with Crippen molar-refractivity contribution < 1.29 is 14.6 Å². The molecule has 1 rings (SSSR count). The number of carbonyl (C=O) groups is 1. The first-order valence-corrected chi connectivity index (χ1v) is 7.70. The number of carbonyl (C=O) groups excluding carboxylic acids is 1. The van der Waals surface area contributed by atoms with Crippen molar-refractivity contribution in [1.29, 1.82) is 0 Å². The zero-order chi connectivity index (χ0) is 14.3. The third kappa shape index (κ3) is 4.96. The fourth-order valence-electron chi connectivity index (χ4n) is 1.73. The van der Waals surface area contributed by atoms with E-state index in [4.69, 9.17) is 9.84 Å². The molecular formula is C15H21BrO3. The molecular weight excluding hydrogens is 308 g/mol. The highest BCUT2D eigenvalue weighted by molar-refractivity contribution is 9.09. The highest BCUT2D eigenvalue weighted by atomic mass is 79.9. The van der Waals surface area contributed by atoms with Gasteiger partial charge in [-0.3, -0.25) is 4.79 Å². The topological polar surface area (TPSA) is 46.5 Å². The van der Waals surface area contributed by atoms with Crippen LogP contribution in [0, 0.1) is 5.92 Å². The summed E-state index contributed by atoms with van der Waals surface area (Å²) >= 11 is 3.43. The van der Waals surface area contributed by atoms with Gasteiger partial charge < -0.3 is 9.84 Å².